The lowest BCUT2D eigenvalue weighted by atomic mass is 10.1. The Labute approximate surface area is 171 Å². The summed E-state index contributed by atoms with van der Waals surface area (Å²) in [5, 5.41) is 2.99. The van der Waals surface area contributed by atoms with Crippen LogP contribution in [-0.2, 0) is 16.6 Å². The Bertz CT molecular complexity index is 1040. The molecule has 1 unspecified atom stereocenters. The second kappa shape index (κ2) is 9.29. The summed E-state index contributed by atoms with van der Waals surface area (Å²) in [4.78, 5) is 20.9. The van der Waals surface area contributed by atoms with E-state index < -0.39 is 10.8 Å². The molecule has 1 aromatic carbocycles. The Morgan fingerprint density at radius 2 is 1.86 bits per heavy atom. The van der Waals surface area contributed by atoms with Crippen LogP contribution in [0.4, 0.5) is 5.69 Å². The summed E-state index contributed by atoms with van der Waals surface area (Å²) in [7, 11) is 1.57. The van der Waals surface area contributed by atoms with Crippen molar-refractivity contribution in [3.05, 3.63) is 71.7 Å². The van der Waals surface area contributed by atoms with Gasteiger partial charge in [0.2, 0.25) is 0 Å². The highest BCUT2D eigenvalue weighted by Gasteiger charge is 2.20. The van der Waals surface area contributed by atoms with E-state index in [0.29, 0.717) is 17.2 Å². The molecule has 0 bridgehead atoms. The van der Waals surface area contributed by atoms with Gasteiger partial charge < -0.3 is 14.8 Å². The lowest BCUT2D eigenvalue weighted by molar-refractivity contribution is 0.102. The Kier molecular flexibility index (Phi) is 6.56. The minimum absolute atomic E-state index is 0.158. The molecule has 0 aliphatic carbocycles. The maximum atomic E-state index is 13.1. The first-order valence-electron chi connectivity index (χ1n) is 8.79. The first-order chi connectivity index (χ1) is 14.0. The van der Waals surface area contributed by atoms with Gasteiger partial charge in [0.25, 0.3) is 5.91 Å². The Morgan fingerprint density at radius 3 is 2.55 bits per heavy atom. The summed E-state index contributed by atoms with van der Waals surface area (Å²) in [6.07, 6.45) is 4.68. The average molecular weight is 411 g/mol. The lowest BCUT2D eigenvalue weighted by Crippen LogP contribution is -2.16. The molecule has 1 amide bonds. The van der Waals surface area contributed by atoms with Gasteiger partial charge in [-0.2, -0.15) is 0 Å². The standard InChI is InChI=1S/C21H21N3O4S/c1-14-11-16(27-2)12-19(28-3)18(14)13-29(26)21-17(5-4-8-23-21)20(25)24-15-6-9-22-10-7-15/h4-12H,13H2,1-3H3,(H,22,24,25). The molecule has 0 aliphatic rings. The highest BCUT2D eigenvalue weighted by molar-refractivity contribution is 7.84. The number of pyridine rings is 2. The molecule has 0 aliphatic heterocycles. The zero-order valence-corrected chi connectivity index (χ0v) is 17.2. The van der Waals surface area contributed by atoms with Gasteiger partial charge in [-0.15, -0.1) is 0 Å². The van der Waals surface area contributed by atoms with E-state index in [1.807, 2.05) is 13.0 Å². The Morgan fingerprint density at radius 1 is 1.10 bits per heavy atom. The second-order valence-electron chi connectivity index (χ2n) is 6.16. The third-order valence-electron chi connectivity index (χ3n) is 4.31. The van der Waals surface area contributed by atoms with Crippen molar-refractivity contribution in [3.8, 4) is 11.5 Å². The van der Waals surface area contributed by atoms with Gasteiger partial charge in [0.1, 0.15) is 16.5 Å². The number of hydrogen-bond acceptors (Lipinski definition) is 6. The van der Waals surface area contributed by atoms with Crippen molar-refractivity contribution in [2.45, 2.75) is 17.7 Å². The number of methoxy groups -OCH3 is 2. The minimum Gasteiger partial charge on any atom is -0.497 e. The number of rotatable bonds is 7. The van der Waals surface area contributed by atoms with Crippen molar-refractivity contribution in [3.63, 3.8) is 0 Å². The van der Waals surface area contributed by atoms with Crippen molar-refractivity contribution in [1.82, 2.24) is 9.97 Å². The number of nitrogens with zero attached hydrogens (tertiary/aromatic N) is 2. The van der Waals surface area contributed by atoms with Crippen molar-refractivity contribution < 1.29 is 18.5 Å². The summed E-state index contributed by atoms with van der Waals surface area (Å²) < 4.78 is 23.8. The predicted octanol–water partition coefficient (Wildman–Crippen LogP) is 3.36. The van der Waals surface area contributed by atoms with Crippen LogP contribution < -0.4 is 14.8 Å². The van der Waals surface area contributed by atoms with E-state index >= 15 is 0 Å². The maximum absolute atomic E-state index is 13.1. The number of carbonyl (C=O) groups excluding carboxylic acids is 1. The van der Waals surface area contributed by atoms with Gasteiger partial charge >= 0.3 is 0 Å². The largest absolute Gasteiger partial charge is 0.497 e. The molecule has 3 rings (SSSR count). The number of amides is 1. The van der Waals surface area contributed by atoms with Crippen LogP contribution in [0.5, 0.6) is 11.5 Å². The fourth-order valence-electron chi connectivity index (χ4n) is 2.82. The fourth-order valence-corrected chi connectivity index (χ4v) is 4.17. The van der Waals surface area contributed by atoms with E-state index in [-0.39, 0.29) is 22.2 Å². The molecule has 0 spiro atoms. The lowest BCUT2D eigenvalue weighted by Gasteiger charge is -2.14. The number of aromatic nitrogens is 2. The first kappa shape index (κ1) is 20.5. The molecule has 0 saturated heterocycles. The third-order valence-corrected chi connectivity index (χ3v) is 5.61. The number of nitrogens with one attached hydrogen (secondary N) is 1. The topological polar surface area (TPSA) is 90.4 Å². The van der Waals surface area contributed by atoms with Crippen molar-refractivity contribution in [2.75, 3.05) is 19.5 Å². The summed E-state index contributed by atoms with van der Waals surface area (Å²) in [6.45, 7) is 1.90. The molecule has 3 aromatic rings. The van der Waals surface area contributed by atoms with Crippen molar-refractivity contribution in [1.29, 1.82) is 0 Å². The van der Waals surface area contributed by atoms with E-state index in [4.69, 9.17) is 9.47 Å². The smallest absolute Gasteiger partial charge is 0.258 e. The van der Waals surface area contributed by atoms with E-state index in [1.54, 1.807) is 56.9 Å². The van der Waals surface area contributed by atoms with Gasteiger partial charge in [-0.05, 0) is 42.8 Å². The van der Waals surface area contributed by atoms with Crippen LogP contribution in [0.1, 0.15) is 21.5 Å². The number of benzene rings is 1. The van der Waals surface area contributed by atoms with Gasteiger partial charge in [0.15, 0.2) is 0 Å². The molecule has 1 atom stereocenters. The van der Waals surface area contributed by atoms with Crippen LogP contribution in [0.15, 0.2) is 60.0 Å². The highest BCUT2D eigenvalue weighted by atomic mass is 32.2. The third kappa shape index (κ3) is 4.78. The van der Waals surface area contributed by atoms with Crippen LogP contribution in [0.25, 0.3) is 0 Å². The highest BCUT2D eigenvalue weighted by Crippen LogP contribution is 2.30. The van der Waals surface area contributed by atoms with Gasteiger partial charge in [-0.1, -0.05) is 0 Å². The molecule has 2 aromatic heterocycles. The van der Waals surface area contributed by atoms with Gasteiger partial charge in [-0.3, -0.25) is 14.0 Å². The molecular weight excluding hydrogens is 390 g/mol. The molecule has 8 heteroatoms. The Hall–Kier alpha value is -3.26. The molecule has 0 radical (unpaired) electrons. The number of hydrogen-bond donors (Lipinski definition) is 1. The Balaban J connectivity index is 1.89. The summed E-state index contributed by atoms with van der Waals surface area (Å²) >= 11 is 0. The van der Waals surface area contributed by atoms with Crippen molar-refractivity contribution in [2.24, 2.45) is 0 Å². The molecule has 2 heterocycles. The molecule has 7 nitrogen and oxygen atoms in total. The zero-order chi connectivity index (χ0) is 20.8. The summed E-state index contributed by atoms with van der Waals surface area (Å²) in [5.74, 6) is 1.01. The normalized spacial score (nSPS) is 11.6. The quantitative estimate of drug-likeness (QED) is 0.641. The van der Waals surface area contributed by atoms with Gasteiger partial charge in [0.05, 0.1) is 36.3 Å². The SMILES string of the molecule is COc1cc(C)c(CS(=O)c2ncccc2C(=O)Nc2ccncc2)c(OC)c1. The summed E-state index contributed by atoms with van der Waals surface area (Å²) in [5.41, 5.74) is 2.51. The average Bonchev–Trinajstić information content (AvgIpc) is 2.75. The van der Waals surface area contributed by atoms with E-state index in [0.717, 1.165) is 11.1 Å². The van der Waals surface area contributed by atoms with Crippen molar-refractivity contribution >= 4 is 22.4 Å². The number of anilines is 1. The maximum Gasteiger partial charge on any atom is 0.258 e. The molecule has 150 valence electrons. The minimum atomic E-state index is -1.56. The van der Waals surface area contributed by atoms with Gasteiger partial charge in [0, 0.05) is 35.9 Å². The van der Waals surface area contributed by atoms with Crippen LogP contribution in [0.3, 0.4) is 0 Å². The van der Waals surface area contributed by atoms with Crippen LogP contribution in [0.2, 0.25) is 0 Å². The van der Waals surface area contributed by atoms with E-state index in [1.165, 1.54) is 6.20 Å². The van der Waals surface area contributed by atoms with Gasteiger partial charge in [-0.25, -0.2) is 4.98 Å². The molecule has 29 heavy (non-hydrogen) atoms. The first-order valence-corrected chi connectivity index (χ1v) is 10.1. The van der Waals surface area contributed by atoms with E-state index in [9.17, 15) is 9.00 Å². The zero-order valence-electron chi connectivity index (χ0n) is 16.3. The molecule has 0 fully saturated rings. The molecule has 1 N–H and O–H groups in total. The van der Waals surface area contributed by atoms with Crippen LogP contribution in [0, 0.1) is 6.92 Å². The monoisotopic (exact) mass is 411 g/mol. The molecular formula is C21H21N3O4S. The number of aryl methyl sites for hydroxylation is 1. The number of carbonyl (C=O) groups is 1. The fraction of sp³-hybridized carbons (Fsp3) is 0.190. The predicted molar refractivity (Wildman–Crippen MR) is 111 cm³/mol. The van der Waals surface area contributed by atoms with Crippen LogP contribution >= 0.6 is 0 Å². The molecule has 0 saturated carbocycles. The van der Waals surface area contributed by atoms with E-state index in [2.05, 4.69) is 15.3 Å². The second-order valence-corrected chi connectivity index (χ2v) is 7.53. The number of ether oxygens (including phenoxy) is 2. The summed E-state index contributed by atoms with van der Waals surface area (Å²) in [6, 6.07) is 10.2. The van der Waals surface area contributed by atoms with Crippen LogP contribution in [-0.4, -0.2) is 34.3 Å².